The monoisotopic (exact) mass is 271 g/mol. The smallest absolute Gasteiger partial charge is 0.254 e. The first-order valence-electron chi connectivity index (χ1n) is 6.72. The van der Waals surface area contributed by atoms with Crippen LogP contribution in [0.1, 0.15) is 17.3 Å². The Bertz CT molecular complexity index is 595. The highest BCUT2D eigenvalue weighted by molar-refractivity contribution is 5.94. The van der Waals surface area contributed by atoms with E-state index < -0.39 is 0 Å². The van der Waals surface area contributed by atoms with Crippen molar-refractivity contribution in [3.8, 4) is 5.69 Å². The van der Waals surface area contributed by atoms with Crippen LogP contribution in [0.3, 0.4) is 0 Å². The van der Waals surface area contributed by atoms with E-state index in [1.807, 2.05) is 29.2 Å². The predicted molar refractivity (Wildman–Crippen MR) is 74.7 cm³/mol. The van der Waals surface area contributed by atoms with Crippen molar-refractivity contribution in [2.75, 3.05) is 19.6 Å². The molecule has 1 aliphatic rings. The zero-order valence-electron chi connectivity index (χ0n) is 11.4. The van der Waals surface area contributed by atoms with E-state index in [1.54, 1.807) is 11.0 Å². The summed E-state index contributed by atoms with van der Waals surface area (Å²) in [5.41, 5.74) is 1.53. The average Bonchev–Trinajstić information content (AvgIpc) is 3.01. The van der Waals surface area contributed by atoms with Gasteiger partial charge < -0.3 is 10.2 Å². The molecule has 2 aromatic rings. The third-order valence-electron chi connectivity index (χ3n) is 3.43. The molecule has 0 aliphatic carbocycles. The second-order valence-corrected chi connectivity index (χ2v) is 5.00. The summed E-state index contributed by atoms with van der Waals surface area (Å²) in [6.07, 6.45) is 3.10. The SMILES string of the molecule is C[C@H]1CN(C(=O)c2cccc(-n3cncn3)c2)CCN1. The van der Waals surface area contributed by atoms with Gasteiger partial charge >= 0.3 is 0 Å². The highest BCUT2D eigenvalue weighted by Gasteiger charge is 2.21. The van der Waals surface area contributed by atoms with E-state index >= 15 is 0 Å². The Morgan fingerprint density at radius 3 is 3.10 bits per heavy atom. The van der Waals surface area contributed by atoms with Gasteiger partial charge in [-0.3, -0.25) is 4.79 Å². The lowest BCUT2D eigenvalue weighted by atomic mass is 10.1. The molecule has 0 bridgehead atoms. The summed E-state index contributed by atoms with van der Waals surface area (Å²) in [6, 6.07) is 7.81. The summed E-state index contributed by atoms with van der Waals surface area (Å²) in [7, 11) is 0. The molecule has 1 aromatic heterocycles. The maximum Gasteiger partial charge on any atom is 0.254 e. The Labute approximate surface area is 117 Å². The standard InChI is InChI=1S/C14H17N5O/c1-11-8-18(6-5-16-11)14(20)12-3-2-4-13(7-12)19-10-15-9-17-19/h2-4,7,9-11,16H,5-6,8H2,1H3/t11-/m0/s1. The summed E-state index contributed by atoms with van der Waals surface area (Å²) < 4.78 is 1.65. The van der Waals surface area contributed by atoms with Crippen LogP contribution in [0.4, 0.5) is 0 Å². The fourth-order valence-corrected chi connectivity index (χ4v) is 2.42. The lowest BCUT2D eigenvalue weighted by Gasteiger charge is -2.32. The fraction of sp³-hybridized carbons (Fsp3) is 0.357. The van der Waals surface area contributed by atoms with Gasteiger partial charge in [0.25, 0.3) is 5.91 Å². The van der Waals surface area contributed by atoms with E-state index in [1.165, 1.54) is 6.33 Å². The molecule has 0 saturated carbocycles. The van der Waals surface area contributed by atoms with Crippen LogP contribution in [0.15, 0.2) is 36.9 Å². The van der Waals surface area contributed by atoms with Gasteiger partial charge in [0.1, 0.15) is 12.7 Å². The largest absolute Gasteiger partial charge is 0.336 e. The third kappa shape index (κ3) is 2.55. The average molecular weight is 271 g/mol. The molecule has 20 heavy (non-hydrogen) atoms. The van der Waals surface area contributed by atoms with E-state index in [4.69, 9.17) is 0 Å². The van der Waals surface area contributed by atoms with Crippen LogP contribution in [-0.4, -0.2) is 51.2 Å². The Morgan fingerprint density at radius 1 is 1.45 bits per heavy atom. The highest BCUT2D eigenvalue weighted by Crippen LogP contribution is 2.12. The van der Waals surface area contributed by atoms with E-state index in [0.717, 1.165) is 25.3 Å². The number of carbonyl (C=O) groups is 1. The van der Waals surface area contributed by atoms with Crippen LogP contribution in [0.5, 0.6) is 0 Å². The van der Waals surface area contributed by atoms with Crippen molar-refractivity contribution in [2.24, 2.45) is 0 Å². The highest BCUT2D eigenvalue weighted by atomic mass is 16.2. The number of benzene rings is 1. The molecule has 1 fully saturated rings. The van der Waals surface area contributed by atoms with Crippen molar-refractivity contribution < 1.29 is 4.79 Å². The van der Waals surface area contributed by atoms with Crippen LogP contribution in [0.2, 0.25) is 0 Å². The molecule has 6 nitrogen and oxygen atoms in total. The van der Waals surface area contributed by atoms with Crippen molar-refractivity contribution in [1.82, 2.24) is 25.0 Å². The second kappa shape index (κ2) is 5.42. The van der Waals surface area contributed by atoms with Crippen molar-refractivity contribution in [3.63, 3.8) is 0 Å². The molecular formula is C14H17N5O. The Morgan fingerprint density at radius 2 is 2.35 bits per heavy atom. The number of piperazine rings is 1. The third-order valence-corrected chi connectivity index (χ3v) is 3.43. The molecule has 1 aromatic carbocycles. The first kappa shape index (κ1) is 12.8. The molecule has 0 spiro atoms. The summed E-state index contributed by atoms with van der Waals surface area (Å²) >= 11 is 0. The fourth-order valence-electron chi connectivity index (χ4n) is 2.42. The summed E-state index contributed by atoms with van der Waals surface area (Å²) in [5.74, 6) is 0.0697. The number of rotatable bonds is 2. The lowest BCUT2D eigenvalue weighted by molar-refractivity contribution is 0.0709. The first-order chi connectivity index (χ1) is 9.74. The van der Waals surface area contributed by atoms with Crippen LogP contribution >= 0.6 is 0 Å². The number of hydrogen-bond acceptors (Lipinski definition) is 4. The molecule has 0 radical (unpaired) electrons. The maximum absolute atomic E-state index is 12.5. The van der Waals surface area contributed by atoms with E-state index in [9.17, 15) is 4.79 Å². The number of aromatic nitrogens is 3. The minimum atomic E-state index is 0.0697. The molecule has 3 rings (SSSR count). The lowest BCUT2D eigenvalue weighted by Crippen LogP contribution is -2.51. The summed E-state index contributed by atoms with van der Waals surface area (Å²) in [6.45, 7) is 4.42. The van der Waals surface area contributed by atoms with Crippen molar-refractivity contribution in [2.45, 2.75) is 13.0 Å². The Kier molecular flexibility index (Phi) is 3.47. The molecule has 1 N–H and O–H groups in total. The molecule has 1 saturated heterocycles. The van der Waals surface area contributed by atoms with Gasteiger partial charge in [0.15, 0.2) is 0 Å². The number of nitrogens with zero attached hydrogens (tertiary/aromatic N) is 4. The van der Waals surface area contributed by atoms with Gasteiger partial charge in [-0.25, -0.2) is 9.67 Å². The number of hydrogen-bond donors (Lipinski definition) is 1. The molecule has 104 valence electrons. The van der Waals surface area contributed by atoms with Crippen molar-refractivity contribution in [1.29, 1.82) is 0 Å². The minimum absolute atomic E-state index is 0.0697. The van der Waals surface area contributed by atoms with Crippen LogP contribution in [-0.2, 0) is 0 Å². The molecule has 1 aliphatic heterocycles. The second-order valence-electron chi connectivity index (χ2n) is 5.00. The van der Waals surface area contributed by atoms with Gasteiger partial charge in [-0.2, -0.15) is 5.10 Å². The van der Waals surface area contributed by atoms with E-state index in [-0.39, 0.29) is 5.91 Å². The minimum Gasteiger partial charge on any atom is -0.336 e. The van der Waals surface area contributed by atoms with Gasteiger partial charge in [0.05, 0.1) is 5.69 Å². The number of nitrogens with one attached hydrogen (secondary N) is 1. The van der Waals surface area contributed by atoms with Gasteiger partial charge in [-0.05, 0) is 25.1 Å². The molecule has 0 unspecified atom stereocenters. The van der Waals surface area contributed by atoms with E-state index in [0.29, 0.717) is 11.6 Å². The first-order valence-corrected chi connectivity index (χ1v) is 6.72. The van der Waals surface area contributed by atoms with Crippen LogP contribution in [0, 0.1) is 0 Å². The molecular weight excluding hydrogens is 254 g/mol. The number of carbonyl (C=O) groups excluding carboxylic acids is 1. The normalized spacial score (nSPS) is 19.1. The topological polar surface area (TPSA) is 63.1 Å². The van der Waals surface area contributed by atoms with Gasteiger partial charge in [-0.15, -0.1) is 0 Å². The molecule has 2 heterocycles. The molecule has 1 amide bonds. The van der Waals surface area contributed by atoms with Gasteiger partial charge in [-0.1, -0.05) is 6.07 Å². The van der Waals surface area contributed by atoms with Crippen molar-refractivity contribution >= 4 is 5.91 Å². The molecule has 6 heteroatoms. The predicted octanol–water partition coefficient (Wildman–Crippen LogP) is 0.701. The van der Waals surface area contributed by atoms with Crippen LogP contribution in [0.25, 0.3) is 5.69 Å². The zero-order chi connectivity index (χ0) is 13.9. The summed E-state index contributed by atoms with van der Waals surface area (Å²) in [5, 5.41) is 7.42. The Balaban J connectivity index is 1.83. The van der Waals surface area contributed by atoms with Gasteiger partial charge in [0.2, 0.25) is 0 Å². The summed E-state index contributed by atoms with van der Waals surface area (Å²) in [4.78, 5) is 18.3. The zero-order valence-corrected chi connectivity index (χ0v) is 11.4. The van der Waals surface area contributed by atoms with Crippen LogP contribution < -0.4 is 5.32 Å². The van der Waals surface area contributed by atoms with Crippen molar-refractivity contribution in [3.05, 3.63) is 42.5 Å². The maximum atomic E-state index is 12.5. The van der Waals surface area contributed by atoms with E-state index in [2.05, 4.69) is 22.3 Å². The quantitative estimate of drug-likeness (QED) is 0.873. The molecule has 1 atom stereocenters. The number of amides is 1. The Hall–Kier alpha value is -2.21. The van der Waals surface area contributed by atoms with Gasteiger partial charge in [0, 0.05) is 31.2 Å².